The van der Waals surface area contributed by atoms with Crippen LogP contribution in [0.3, 0.4) is 0 Å². The largest absolute Gasteiger partial charge is 0.394 e. The average molecular weight is 706 g/mol. The van der Waals surface area contributed by atoms with Gasteiger partial charge in [0.25, 0.3) is 0 Å². The third-order valence-corrected chi connectivity index (χ3v) is 10.8. The van der Waals surface area contributed by atoms with Gasteiger partial charge in [-0.15, -0.1) is 0 Å². The first-order valence-electron chi connectivity index (χ1n) is 22.9. The minimum absolute atomic E-state index is 0.0374. The van der Waals surface area contributed by atoms with Crippen LogP contribution in [0.1, 0.15) is 258 Å². The van der Waals surface area contributed by atoms with Crippen LogP contribution in [0.4, 0.5) is 0 Å². The molecule has 0 fully saturated rings. The lowest BCUT2D eigenvalue weighted by Gasteiger charge is -2.22. The fourth-order valence-electron chi connectivity index (χ4n) is 7.24. The van der Waals surface area contributed by atoms with Crippen molar-refractivity contribution in [1.82, 2.24) is 5.32 Å². The zero-order valence-electron chi connectivity index (χ0n) is 34.2. The van der Waals surface area contributed by atoms with Crippen molar-refractivity contribution in [3.63, 3.8) is 0 Å². The predicted octanol–water partition coefficient (Wildman–Crippen LogP) is 14.2. The normalized spacial score (nSPS) is 13.0. The van der Waals surface area contributed by atoms with E-state index in [9.17, 15) is 15.0 Å². The second kappa shape index (κ2) is 42.5. The fraction of sp³-hybridized carbons (Fsp3) is 0.935. The van der Waals surface area contributed by atoms with Crippen molar-refractivity contribution >= 4 is 5.91 Å². The van der Waals surface area contributed by atoms with Crippen LogP contribution in [0.2, 0.25) is 0 Å². The minimum atomic E-state index is -0.659. The maximum atomic E-state index is 12.4. The summed E-state index contributed by atoms with van der Waals surface area (Å²) in [4.78, 5) is 12.4. The Bertz CT molecular complexity index is 680. The summed E-state index contributed by atoms with van der Waals surface area (Å²) in [5, 5.41) is 23.2. The number of allylic oxidation sites excluding steroid dienone is 2. The lowest BCUT2D eigenvalue weighted by Crippen LogP contribution is -2.45. The van der Waals surface area contributed by atoms with Gasteiger partial charge in [-0.3, -0.25) is 4.79 Å². The lowest BCUT2D eigenvalue weighted by molar-refractivity contribution is -0.123. The van der Waals surface area contributed by atoms with Gasteiger partial charge in [0.15, 0.2) is 0 Å². The molecule has 50 heavy (non-hydrogen) atoms. The number of aliphatic hydroxyl groups excluding tert-OH is 2. The first kappa shape index (κ1) is 49.1. The van der Waals surface area contributed by atoms with Crippen LogP contribution in [-0.4, -0.2) is 34.9 Å². The first-order chi connectivity index (χ1) is 24.7. The Morgan fingerprint density at radius 2 is 0.760 bits per heavy atom. The highest BCUT2D eigenvalue weighted by molar-refractivity contribution is 5.76. The Morgan fingerprint density at radius 1 is 0.460 bits per heavy atom. The summed E-state index contributed by atoms with van der Waals surface area (Å²) >= 11 is 0. The van der Waals surface area contributed by atoms with Gasteiger partial charge in [0.05, 0.1) is 18.8 Å². The summed E-state index contributed by atoms with van der Waals surface area (Å²) in [5.74, 6) is -0.0374. The molecular weight excluding hydrogens is 615 g/mol. The number of amides is 1. The van der Waals surface area contributed by atoms with Crippen molar-refractivity contribution in [1.29, 1.82) is 0 Å². The lowest BCUT2D eigenvalue weighted by atomic mass is 10.0. The van der Waals surface area contributed by atoms with E-state index in [2.05, 4.69) is 31.3 Å². The molecule has 0 radical (unpaired) electrons. The molecule has 0 aromatic heterocycles. The number of carbonyl (C=O) groups excluding carboxylic acids is 1. The molecule has 0 aliphatic carbocycles. The Balaban J connectivity index is 3.45. The molecule has 0 aromatic rings. The van der Waals surface area contributed by atoms with E-state index in [1.165, 1.54) is 205 Å². The molecular formula is C46H91NO3. The second-order valence-corrected chi connectivity index (χ2v) is 15.8. The van der Waals surface area contributed by atoms with Crippen LogP contribution >= 0.6 is 0 Å². The van der Waals surface area contributed by atoms with Gasteiger partial charge < -0.3 is 15.5 Å². The topological polar surface area (TPSA) is 69.6 Å². The number of carbonyl (C=O) groups is 1. The molecule has 2 unspecified atom stereocenters. The molecule has 0 saturated carbocycles. The number of hydrogen-bond acceptors (Lipinski definition) is 3. The second-order valence-electron chi connectivity index (χ2n) is 15.8. The van der Waals surface area contributed by atoms with E-state index in [0.717, 1.165) is 25.7 Å². The molecule has 4 nitrogen and oxygen atoms in total. The predicted molar refractivity (Wildman–Crippen MR) is 221 cm³/mol. The summed E-state index contributed by atoms with van der Waals surface area (Å²) < 4.78 is 0. The van der Waals surface area contributed by atoms with Gasteiger partial charge >= 0.3 is 0 Å². The summed E-state index contributed by atoms with van der Waals surface area (Å²) in [6.07, 6.45) is 53.0. The maximum absolute atomic E-state index is 12.4. The van der Waals surface area contributed by atoms with E-state index >= 15 is 0 Å². The zero-order valence-corrected chi connectivity index (χ0v) is 34.2. The molecule has 298 valence electrons. The average Bonchev–Trinajstić information content (AvgIpc) is 3.12. The minimum Gasteiger partial charge on any atom is -0.394 e. The molecule has 1 amide bonds. The van der Waals surface area contributed by atoms with Gasteiger partial charge in [-0.25, -0.2) is 0 Å². The molecule has 0 aliphatic heterocycles. The number of aliphatic hydroxyl groups is 2. The molecule has 0 aromatic carbocycles. The van der Waals surface area contributed by atoms with Crippen LogP contribution in [0.25, 0.3) is 0 Å². The number of nitrogens with one attached hydrogen (secondary N) is 1. The summed E-state index contributed by atoms with van der Waals surface area (Å²) in [6, 6.07) is -0.537. The smallest absolute Gasteiger partial charge is 0.220 e. The van der Waals surface area contributed by atoms with Crippen LogP contribution in [0.5, 0.6) is 0 Å². The highest BCUT2D eigenvalue weighted by atomic mass is 16.3. The van der Waals surface area contributed by atoms with E-state index in [-0.39, 0.29) is 12.5 Å². The summed E-state index contributed by atoms with van der Waals surface area (Å²) in [7, 11) is 0. The Labute approximate surface area is 314 Å². The summed E-state index contributed by atoms with van der Waals surface area (Å²) in [6.45, 7) is 4.36. The Morgan fingerprint density at radius 3 is 1.10 bits per heavy atom. The van der Waals surface area contributed by atoms with E-state index in [1.807, 2.05) is 0 Å². The number of hydrogen-bond donors (Lipinski definition) is 3. The van der Waals surface area contributed by atoms with Gasteiger partial charge in [0.1, 0.15) is 0 Å². The van der Waals surface area contributed by atoms with E-state index in [4.69, 9.17) is 0 Å². The van der Waals surface area contributed by atoms with Crippen molar-refractivity contribution < 1.29 is 15.0 Å². The van der Waals surface area contributed by atoms with Crippen molar-refractivity contribution in [2.75, 3.05) is 6.61 Å². The molecule has 4 heteroatoms. The molecule has 0 rings (SSSR count). The SMILES string of the molecule is CCCCCCC/C=C\CCCCCCCC(=O)NC(CO)C(O)CCCCCCCCCCCCCCCCCCCCCCCCCC. The molecule has 0 heterocycles. The molecule has 0 saturated heterocycles. The molecule has 0 spiro atoms. The summed E-state index contributed by atoms with van der Waals surface area (Å²) in [5.41, 5.74) is 0. The van der Waals surface area contributed by atoms with Crippen LogP contribution in [0, 0.1) is 0 Å². The van der Waals surface area contributed by atoms with Crippen molar-refractivity contribution in [3.05, 3.63) is 12.2 Å². The van der Waals surface area contributed by atoms with Gasteiger partial charge in [-0.05, 0) is 38.5 Å². The molecule has 0 bridgehead atoms. The quantitative estimate of drug-likeness (QED) is 0.0437. The van der Waals surface area contributed by atoms with Gasteiger partial charge in [-0.1, -0.05) is 225 Å². The maximum Gasteiger partial charge on any atom is 0.220 e. The van der Waals surface area contributed by atoms with Gasteiger partial charge in [-0.2, -0.15) is 0 Å². The molecule has 3 N–H and O–H groups in total. The van der Waals surface area contributed by atoms with E-state index < -0.39 is 12.1 Å². The fourth-order valence-corrected chi connectivity index (χ4v) is 7.24. The number of unbranched alkanes of at least 4 members (excludes halogenated alkanes) is 33. The van der Waals surface area contributed by atoms with Crippen molar-refractivity contribution in [3.8, 4) is 0 Å². The highest BCUT2D eigenvalue weighted by Crippen LogP contribution is 2.17. The standard InChI is InChI=1S/C46H91NO3/c1-3-5-7-9-11-13-15-17-19-20-21-22-23-24-25-26-27-28-29-31-33-35-37-39-41-45(49)44(43-48)47-46(50)42-40-38-36-34-32-30-18-16-14-12-10-8-6-4-2/h16,18,44-45,48-49H,3-15,17,19-43H2,1-2H3,(H,47,50)/b18-16-. The third-order valence-electron chi connectivity index (χ3n) is 10.8. The van der Waals surface area contributed by atoms with Crippen LogP contribution in [0.15, 0.2) is 12.2 Å². The monoisotopic (exact) mass is 706 g/mol. The molecule has 2 atom stereocenters. The Kier molecular flexibility index (Phi) is 41.8. The van der Waals surface area contributed by atoms with Crippen LogP contribution < -0.4 is 5.32 Å². The number of rotatable bonds is 42. The third kappa shape index (κ3) is 38.4. The Hall–Kier alpha value is -0.870. The van der Waals surface area contributed by atoms with Gasteiger partial charge in [0.2, 0.25) is 5.91 Å². The van der Waals surface area contributed by atoms with Crippen molar-refractivity contribution in [2.45, 2.75) is 270 Å². The molecule has 0 aliphatic rings. The van der Waals surface area contributed by atoms with Crippen LogP contribution in [-0.2, 0) is 4.79 Å². The first-order valence-corrected chi connectivity index (χ1v) is 22.9. The van der Waals surface area contributed by atoms with Crippen molar-refractivity contribution in [2.24, 2.45) is 0 Å². The van der Waals surface area contributed by atoms with Gasteiger partial charge in [0, 0.05) is 6.42 Å². The highest BCUT2D eigenvalue weighted by Gasteiger charge is 2.20. The van der Waals surface area contributed by atoms with E-state index in [1.54, 1.807) is 0 Å². The van der Waals surface area contributed by atoms with E-state index in [0.29, 0.717) is 12.8 Å². The zero-order chi connectivity index (χ0) is 36.4.